The van der Waals surface area contributed by atoms with Crippen molar-refractivity contribution in [2.75, 3.05) is 40.9 Å². The summed E-state index contributed by atoms with van der Waals surface area (Å²) in [7, 11) is 0.619. The van der Waals surface area contributed by atoms with E-state index in [0.29, 0.717) is 0 Å². The van der Waals surface area contributed by atoms with E-state index < -0.39 is 7.82 Å². The van der Waals surface area contributed by atoms with Crippen molar-refractivity contribution < 1.29 is 23.0 Å². The Hall–Kier alpha value is 0.0700. The summed E-state index contributed by atoms with van der Waals surface area (Å²) in [5.41, 5.74) is 0. The van der Waals surface area contributed by atoms with Crippen LogP contribution in [0.5, 0.6) is 0 Å². The molecule has 0 fully saturated rings. The summed E-state index contributed by atoms with van der Waals surface area (Å²) in [6, 6.07) is 0. The molecule has 0 bridgehead atoms. The molecule has 0 unspecified atom stereocenters. The van der Waals surface area contributed by atoms with Crippen LogP contribution < -0.4 is 4.89 Å². The fraction of sp³-hybridized carbons (Fsp3) is 1.00. The van der Waals surface area contributed by atoms with Crippen LogP contribution >= 0.6 is 7.82 Å². The van der Waals surface area contributed by atoms with Gasteiger partial charge in [-0.15, -0.1) is 0 Å². The van der Waals surface area contributed by atoms with E-state index in [4.69, 9.17) is 0 Å². The summed E-state index contributed by atoms with van der Waals surface area (Å²) >= 11 is 0. The highest BCUT2D eigenvalue weighted by Crippen LogP contribution is 2.34. The van der Waals surface area contributed by atoms with E-state index in [1.807, 2.05) is 0 Å². The highest BCUT2D eigenvalue weighted by atomic mass is 31.2. The lowest BCUT2D eigenvalue weighted by molar-refractivity contribution is -0.910. The van der Waals surface area contributed by atoms with E-state index in [9.17, 15) is 9.46 Å². The normalized spacial score (nSPS) is 12.0. The summed E-state index contributed by atoms with van der Waals surface area (Å²) in [5.74, 6) is 0. The minimum Gasteiger partial charge on any atom is -0.756 e. The Morgan fingerprint density at radius 1 is 0.857 bits per heavy atom. The average Bonchev–Trinajstić information content (AvgIpc) is 2.50. The third-order valence-electron chi connectivity index (χ3n) is 3.60. The fourth-order valence-electron chi connectivity index (χ4n) is 2.03. The van der Waals surface area contributed by atoms with Gasteiger partial charge in [0.15, 0.2) is 0 Å². The summed E-state index contributed by atoms with van der Waals surface area (Å²) in [6.07, 6.45) is 8.20. The molecule has 0 saturated heterocycles. The molecule has 0 aromatic carbocycles. The molecule has 0 aromatic heterocycles. The number of unbranched alkanes of at least 4 members (excludes halogenated alkanes) is 3. The van der Waals surface area contributed by atoms with Crippen molar-refractivity contribution in [3.8, 4) is 0 Å². The highest BCUT2D eigenvalue weighted by molar-refractivity contribution is 7.45. The van der Waals surface area contributed by atoms with Gasteiger partial charge in [0.1, 0.15) is 0 Å². The Balaban J connectivity index is 0. The van der Waals surface area contributed by atoms with Gasteiger partial charge in [0.05, 0.1) is 26.7 Å². The van der Waals surface area contributed by atoms with Crippen molar-refractivity contribution in [2.45, 2.75) is 59.3 Å². The molecule has 0 heterocycles. The van der Waals surface area contributed by atoms with Gasteiger partial charge in [0, 0.05) is 14.2 Å². The molecular weight excluding hydrogens is 289 g/mol. The van der Waals surface area contributed by atoms with Crippen LogP contribution in [0.25, 0.3) is 0 Å². The lowest BCUT2D eigenvalue weighted by Crippen LogP contribution is -2.46. The zero-order chi connectivity index (χ0) is 16.8. The van der Waals surface area contributed by atoms with E-state index in [1.54, 1.807) is 0 Å². The maximum atomic E-state index is 9.95. The molecule has 0 rings (SSSR count). The van der Waals surface area contributed by atoms with Gasteiger partial charge in [-0.25, -0.2) is 0 Å². The molecule has 0 aliphatic carbocycles. The molecule has 0 atom stereocenters. The number of phosphoric acid groups is 1. The molecular formula is C15H36NO4P. The molecule has 0 saturated carbocycles. The highest BCUT2D eigenvalue weighted by Gasteiger charge is 2.18. The maximum Gasteiger partial charge on any atom is 0.267 e. The van der Waals surface area contributed by atoms with Crippen LogP contribution in [-0.4, -0.2) is 45.4 Å². The van der Waals surface area contributed by atoms with Crippen LogP contribution in [0.1, 0.15) is 59.3 Å². The van der Waals surface area contributed by atoms with E-state index in [2.05, 4.69) is 36.9 Å². The second kappa shape index (κ2) is 13.7. The van der Waals surface area contributed by atoms with Crippen LogP contribution in [0.2, 0.25) is 0 Å². The summed E-state index contributed by atoms with van der Waals surface area (Å²) in [6.45, 7) is 11.0. The zero-order valence-corrected chi connectivity index (χ0v) is 15.8. The molecule has 0 amide bonds. The summed E-state index contributed by atoms with van der Waals surface area (Å²) in [5, 5.41) is 0. The predicted octanol–water partition coefficient (Wildman–Crippen LogP) is 3.58. The molecule has 0 aliphatic heterocycles. The van der Waals surface area contributed by atoms with Gasteiger partial charge in [-0.1, -0.05) is 40.0 Å². The first-order valence-corrected chi connectivity index (χ1v) is 9.52. The second-order valence-electron chi connectivity index (χ2n) is 5.66. The smallest absolute Gasteiger partial charge is 0.267 e. The molecule has 0 radical (unpaired) electrons. The Morgan fingerprint density at radius 2 is 1.14 bits per heavy atom. The van der Waals surface area contributed by atoms with Crippen molar-refractivity contribution in [1.29, 1.82) is 0 Å². The molecule has 5 nitrogen and oxygen atoms in total. The summed E-state index contributed by atoms with van der Waals surface area (Å²) in [4.78, 5) is 9.95. The number of rotatable bonds is 11. The van der Waals surface area contributed by atoms with E-state index in [1.165, 1.54) is 62.6 Å². The number of quaternary nitrogens is 1. The molecule has 21 heavy (non-hydrogen) atoms. The van der Waals surface area contributed by atoms with Crippen molar-refractivity contribution in [3.05, 3.63) is 0 Å². The molecule has 0 spiro atoms. The van der Waals surface area contributed by atoms with Crippen molar-refractivity contribution in [2.24, 2.45) is 0 Å². The quantitative estimate of drug-likeness (QED) is 0.430. The van der Waals surface area contributed by atoms with Gasteiger partial charge < -0.3 is 18.4 Å². The van der Waals surface area contributed by atoms with E-state index >= 15 is 0 Å². The van der Waals surface area contributed by atoms with Crippen molar-refractivity contribution in [1.82, 2.24) is 0 Å². The fourth-order valence-corrected chi connectivity index (χ4v) is 2.18. The first kappa shape index (κ1) is 23.3. The average molecular weight is 325 g/mol. The number of nitrogens with zero attached hydrogens (tertiary/aromatic N) is 1. The van der Waals surface area contributed by atoms with Crippen LogP contribution in [0.3, 0.4) is 0 Å². The molecule has 0 aliphatic rings. The van der Waals surface area contributed by atoms with Crippen molar-refractivity contribution >= 4 is 7.82 Å². The van der Waals surface area contributed by atoms with Crippen LogP contribution in [0.4, 0.5) is 0 Å². The molecule has 6 heteroatoms. The minimum absolute atomic E-state index is 1.04. The standard InChI is InChI=1S/C13H30N.C2H7O4P/c1-5-8-11-14(4,12-9-6-2)13-10-7-3;1-5-7(3,4)6-2/h5-13H2,1-4H3;1-2H3,(H,3,4)/q+1;/p-1. The van der Waals surface area contributed by atoms with Crippen LogP contribution in [-0.2, 0) is 13.6 Å². The first-order chi connectivity index (χ1) is 9.80. The molecule has 0 N–H and O–H groups in total. The predicted molar refractivity (Wildman–Crippen MR) is 87.1 cm³/mol. The Kier molecular flexibility index (Phi) is 15.2. The third-order valence-corrected chi connectivity index (χ3v) is 4.50. The first-order valence-electron chi connectivity index (χ1n) is 8.06. The lowest BCUT2D eigenvalue weighted by atomic mass is 10.2. The number of phosphoric ester groups is 1. The zero-order valence-electron chi connectivity index (χ0n) is 14.9. The lowest BCUT2D eigenvalue weighted by Gasteiger charge is -2.34. The SMILES string of the molecule is CCCC[N+](C)(CCCC)CCCC.COP(=O)([O-])OC. The second-order valence-corrected chi connectivity index (χ2v) is 7.29. The monoisotopic (exact) mass is 325 g/mol. The minimum atomic E-state index is -3.90. The van der Waals surface area contributed by atoms with Crippen LogP contribution in [0.15, 0.2) is 0 Å². The van der Waals surface area contributed by atoms with E-state index in [-0.39, 0.29) is 0 Å². The van der Waals surface area contributed by atoms with Crippen molar-refractivity contribution in [3.63, 3.8) is 0 Å². The third kappa shape index (κ3) is 14.8. The largest absolute Gasteiger partial charge is 0.756 e. The van der Waals surface area contributed by atoms with Gasteiger partial charge in [-0.3, -0.25) is 4.57 Å². The number of hydrogen-bond donors (Lipinski definition) is 0. The molecule has 130 valence electrons. The Morgan fingerprint density at radius 3 is 1.29 bits per heavy atom. The van der Waals surface area contributed by atoms with Gasteiger partial charge in [-0.05, 0) is 19.3 Å². The maximum absolute atomic E-state index is 9.95. The number of hydrogen-bond acceptors (Lipinski definition) is 4. The van der Waals surface area contributed by atoms with Gasteiger partial charge >= 0.3 is 0 Å². The Labute approximate surface area is 131 Å². The van der Waals surface area contributed by atoms with Crippen LogP contribution in [0, 0.1) is 0 Å². The topological polar surface area (TPSA) is 58.6 Å². The van der Waals surface area contributed by atoms with Gasteiger partial charge in [-0.2, -0.15) is 0 Å². The Bertz CT molecular complexity index is 245. The van der Waals surface area contributed by atoms with E-state index in [0.717, 1.165) is 14.2 Å². The molecule has 0 aromatic rings. The van der Waals surface area contributed by atoms with Gasteiger partial charge in [0.25, 0.3) is 7.82 Å². The summed E-state index contributed by atoms with van der Waals surface area (Å²) < 4.78 is 19.0. The van der Waals surface area contributed by atoms with Gasteiger partial charge in [0.2, 0.25) is 0 Å².